The molecule has 0 saturated carbocycles. The maximum absolute atomic E-state index is 12.5. The minimum absolute atomic E-state index is 0.172. The molecule has 0 aromatic heterocycles. The first-order valence-corrected chi connectivity index (χ1v) is 10.1. The van der Waals surface area contributed by atoms with E-state index in [1.54, 1.807) is 26.0 Å². The average Bonchev–Trinajstić information content (AvgIpc) is 2.45. The predicted molar refractivity (Wildman–Crippen MR) is 84.6 cm³/mol. The van der Waals surface area contributed by atoms with Gasteiger partial charge in [-0.2, -0.15) is 8.42 Å². The zero-order valence-corrected chi connectivity index (χ0v) is 14.0. The van der Waals surface area contributed by atoms with Crippen LogP contribution in [0.5, 0.6) is 5.75 Å². The van der Waals surface area contributed by atoms with Crippen LogP contribution in [0.4, 0.5) is 5.69 Å². The van der Waals surface area contributed by atoms with E-state index in [1.807, 2.05) is 13.0 Å². The summed E-state index contributed by atoms with van der Waals surface area (Å²) < 4.78 is 47.7. The normalized spacial score (nSPS) is 15.3. The van der Waals surface area contributed by atoms with Crippen molar-refractivity contribution >= 4 is 25.6 Å². The third-order valence-corrected chi connectivity index (χ3v) is 7.93. The van der Waals surface area contributed by atoms with Crippen LogP contribution in [0.2, 0.25) is 0 Å². The number of nitrogens with zero attached hydrogens (tertiary/aromatic N) is 2. The second-order valence-corrected chi connectivity index (χ2v) is 9.43. The molecule has 0 unspecified atom stereocenters. The Hall–Kier alpha value is -1.28. The van der Waals surface area contributed by atoms with Gasteiger partial charge in [-0.25, -0.2) is 8.51 Å². The number of rotatable bonds is 4. The van der Waals surface area contributed by atoms with Crippen molar-refractivity contribution < 1.29 is 17.4 Å². The molecule has 1 aliphatic heterocycles. The van der Waals surface area contributed by atoms with Crippen molar-refractivity contribution in [1.82, 2.24) is 0 Å². The summed E-state index contributed by atoms with van der Waals surface area (Å²) in [5.41, 5.74) is 1.38. The summed E-state index contributed by atoms with van der Waals surface area (Å²) in [6.07, 6.45) is 0. The molecular weight excluding hydrogens is 312 g/mol. The lowest BCUT2D eigenvalue weighted by Gasteiger charge is -2.29. The van der Waals surface area contributed by atoms with Crippen LogP contribution >= 0.6 is 0 Å². The van der Waals surface area contributed by atoms with Crippen LogP contribution in [-0.4, -0.2) is 37.3 Å². The lowest BCUT2D eigenvalue weighted by molar-refractivity contribution is 0.316. The highest BCUT2D eigenvalue weighted by Crippen LogP contribution is 2.34. The summed E-state index contributed by atoms with van der Waals surface area (Å²) in [5, 5.41) is 0. The Morgan fingerprint density at radius 2 is 1.90 bits per heavy atom. The van der Waals surface area contributed by atoms with Crippen molar-refractivity contribution in [2.24, 2.45) is 3.77 Å². The molecule has 0 aliphatic carbocycles. The van der Waals surface area contributed by atoms with Gasteiger partial charge in [0, 0.05) is 11.5 Å². The van der Waals surface area contributed by atoms with Crippen molar-refractivity contribution in [2.45, 2.75) is 20.8 Å². The van der Waals surface area contributed by atoms with Gasteiger partial charge in [0.15, 0.2) is 0 Å². The van der Waals surface area contributed by atoms with E-state index in [1.165, 1.54) is 4.31 Å². The van der Waals surface area contributed by atoms with Crippen LogP contribution in [0.25, 0.3) is 0 Å². The van der Waals surface area contributed by atoms with Crippen molar-refractivity contribution in [2.75, 3.05) is 29.0 Å². The first-order chi connectivity index (χ1) is 9.81. The summed E-state index contributed by atoms with van der Waals surface area (Å²) in [6.45, 7) is 5.66. The summed E-state index contributed by atoms with van der Waals surface area (Å²) >= 11 is 0. The zero-order valence-electron chi connectivity index (χ0n) is 12.4. The van der Waals surface area contributed by atoms with Gasteiger partial charge in [-0.15, -0.1) is 0 Å². The van der Waals surface area contributed by atoms with Crippen LogP contribution in [0.3, 0.4) is 0 Å². The van der Waals surface area contributed by atoms with Gasteiger partial charge in [-0.1, -0.05) is 23.7 Å². The van der Waals surface area contributed by atoms with E-state index in [0.29, 0.717) is 11.4 Å². The van der Waals surface area contributed by atoms with E-state index < -0.39 is 19.9 Å². The molecule has 0 saturated heterocycles. The summed E-state index contributed by atoms with van der Waals surface area (Å²) in [7, 11) is -6.72. The van der Waals surface area contributed by atoms with Crippen molar-refractivity contribution in [3.05, 3.63) is 23.8 Å². The summed E-state index contributed by atoms with van der Waals surface area (Å²) in [5.74, 6) is 0.937. The fourth-order valence-electron chi connectivity index (χ4n) is 2.06. The number of ether oxygens (including phenoxy) is 1. The largest absolute Gasteiger partial charge is 0.489 e. The molecule has 0 spiro atoms. The molecule has 8 heteroatoms. The fourth-order valence-corrected chi connectivity index (χ4v) is 5.71. The molecule has 6 nitrogen and oxygen atoms in total. The molecule has 21 heavy (non-hydrogen) atoms. The predicted octanol–water partition coefficient (Wildman–Crippen LogP) is 1.95. The van der Waals surface area contributed by atoms with Crippen LogP contribution in [0.1, 0.15) is 19.4 Å². The molecule has 2 rings (SSSR count). The number of hydrogen-bond acceptors (Lipinski definition) is 4. The monoisotopic (exact) mass is 332 g/mol. The van der Waals surface area contributed by atoms with E-state index >= 15 is 0 Å². The maximum atomic E-state index is 12.5. The van der Waals surface area contributed by atoms with E-state index in [9.17, 15) is 12.6 Å². The quantitative estimate of drug-likeness (QED) is 0.844. The molecule has 0 fully saturated rings. The molecule has 0 atom stereocenters. The molecule has 1 aliphatic rings. The third-order valence-electron chi connectivity index (χ3n) is 3.35. The molecule has 1 heterocycles. The second kappa shape index (κ2) is 5.84. The lowest BCUT2D eigenvalue weighted by atomic mass is 10.2. The Labute approximate surface area is 126 Å². The zero-order chi connectivity index (χ0) is 15.7. The van der Waals surface area contributed by atoms with Crippen LogP contribution in [0, 0.1) is 6.92 Å². The number of hydrogen-bond donors (Lipinski definition) is 0. The van der Waals surface area contributed by atoms with Gasteiger partial charge in [0.2, 0.25) is 0 Å². The Morgan fingerprint density at radius 1 is 1.24 bits per heavy atom. The number of aryl methyl sites for hydroxylation is 1. The minimum Gasteiger partial charge on any atom is -0.489 e. The number of benzene rings is 1. The Kier molecular flexibility index (Phi) is 4.48. The molecule has 1 aromatic rings. The molecule has 0 radical (unpaired) electrons. The van der Waals surface area contributed by atoms with E-state index in [0.717, 1.165) is 5.56 Å². The molecule has 0 bridgehead atoms. The van der Waals surface area contributed by atoms with Gasteiger partial charge in [0.1, 0.15) is 12.4 Å². The summed E-state index contributed by atoms with van der Waals surface area (Å²) in [6, 6.07) is 5.33. The van der Waals surface area contributed by atoms with E-state index in [4.69, 9.17) is 4.74 Å². The maximum Gasteiger partial charge on any atom is 0.352 e. The van der Waals surface area contributed by atoms with Gasteiger partial charge < -0.3 is 4.74 Å². The average molecular weight is 332 g/mol. The van der Waals surface area contributed by atoms with Gasteiger partial charge in [-0.05, 0) is 24.6 Å². The Morgan fingerprint density at radius 3 is 2.52 bits per heavy atom. The first kappa shape index (κ1) is 16.1. The topological polar surface area (TPSA) is 76.0 Å². The van der Waals surface area contributed by atoms with Crippen LogP contribution in [0.15, 0.2) is 22.0 Å². The molecule has 0 amide bonds. The van der Waals surface area contributed by atoms with Gasteiger partial charge in [0.25, 0.3) is 0 Å². The smallest absolute Gasteiger partial charge is 0.352 e. The number of fused-ring (bicyclic) bond motifs is 1. The highest BCUT2D eigenvalue weighted by Gasteiger charge is 2.29. The van der Waals surface area contributed by atoms with Gasteiger partial charge in [-0.3, -0.25) is 0 Å². The molecule has 118 valence electrons. The van der Waals surface area contributed by atoms with Crippen LogP contribution in [-0.2, 0) is 19.9 Å². The molecule has 1 aromatic carbocycles. The minimum atomic E-state index is -3.99. The Bertz CT molecular complexity index is 739. The van der Waals surface area contributed by atoms with Crippen LogP contribution < -0.4 is 9.04 Å². The van der Waals surface area contributed by atoms with Gasteiger partial charge in [0.05, 0.1) is 22.0 Å². The summed E-state index contributed by atoms with van der Waals surface area (Å²) in [4.78, 5) is 0. The highest BCUT2D eigenvalue weighted by atomic mass is 32.3. The van der Waals surface area contributed by atoms with Crippen molar-refractivity contribution in [3.8, 4) is 5.75 Å². The number of anilines is 1. The standard InChI is InChI=1S/C13H20N2O4S2/c1-4-20(16,5-2)14-21(17,18)15-8-9-19-13-7-6-11(3)10-12(13)15/h6-7,10H,4-5,8-9H2,1-3H3. The Balaban J connectivity index is 2.54. The SMILES string of the molecule is CCS(=O)(CC)=NS(=O)(=O)N1CCOc2ccc(C)cc21. The van der Waals surface area contributed by atoms with Crippen molar-refractivity contribution in [1.29, 1.82) is 0 Å². The fraction of sp³-hybridized carbons (Fsp3) is 0.538. The lowest BCUT2D eigenvalue weighted by Crippen LogP contribution is -2.37. The molecular formula is C13H20N2O4S2. The second-order valence-electron chi connectivity index (χ2n) is 4.79. The third kappa shape index (κ3) is 3.32. The van der Waals surface area contributed by atoms with Crippen molar-refractivity contribution in [3.63, 3.8) is 0 Å². The van der Waals surface area contributed by atoms with E-state index in [-0.39, 0.29) is 24.7 Å². The van der Waals surface area contributed by atoms with Gasteiger partial charge >= 0.3 is 10.2 Å². The highest BCUT2D eigenvalue weighted by molar-refractivity contribution is 8.03. The molecule has 0 N–H and O–H groups in total. The van der Waals surface area contributed by atoms with E-state index in [2.05, 4.69) is 3.77 Å². The first-order valence-electron chi connectivity index (χ1n) is 6.81.